The molecular formula is C24H20BrN5O5S. The molecule has 0 amide bonds. The van der Waals surface area contributed by atoms with Crippen LogP contribution in [0, 0.1) is 0 Å². The molecular weight excluding hydrogens is 550 g/mol. The Morgan fingerprint density at radius 2 is 2.08 bits per heavy atom. The summed E-state index contributed by atoms with van der Waals surface area (Å²) >= 11 is 4.87. The number of rotatable bonds is 7. The third-order valence-corrected chi connectivity index (χ3v) is 7.15. The monoisotopic (exact) mass is 569 g/mol. The fourth-order valence-corrected chi connectivity index (χ4v) is 4.73. The van der Waals surface area contributed by atoms with Gasteiger partial charge in [-0.3, -0.25) is 4.99 Å². The van der Waals surface area contributed by atoms with Crippen molar-refractivity contribution < 1.29 is 24.5 Å². The Kier molecular flexibility index (Phi) is 6.56. The number of carbonyl (C=O) groups is 1. The lowest BCUT2D eigenvalue weighted by Gasteiger charge is -2.19. The molecule has 12 heteroatoms. The number of hydrogen-bond acceptors (Lipinski definition) is 10. The van der Waals surface area contributed by atoms with Crippen LogP contribution in [0.5, 0.6) is 11.5 Å². The third kappa shape index (κ3) is 4.62. The molecule has 0 bridgehead atoms. The van der Waals surface area contributed by atoms with Crippen LogP contribution in [0.1, 0.15) is 12.6 Å². The predicted molar refractivity (Wildman–Crippen MR) is 140 cm³/mol. The van der Waals surface area contributed by atoms with Crippen LogP contribution in [-0.4, -0.2) is 62.1 Å². The van der Waals surface area contributed by atoms with Crippen molar-refractivity contribution in [3.63, 3.8) is 0 Å². The Balaban J connectivity index is 1.41. The lowest BCUT2D eigenvalue weighted by molar-refractivity contribution is -0.143. The number of carboxylic acid groups (broad SMARTS) is 1. The van der Waals surface area contributed by atoms with Gasteiger partial charge in [-0.05, 0) is 63.7 Å². The van der Waals surface area contributed by atoms with Crippen molar-refractivity contribution in [3.05, 3.63) is 52.8 Å². The Hall–Kier alpha value is -3.61. The third-order valence-electron chi connectivity index (χ3n) is 5.56. The van der Waals surface area contributed by atoms with E-state index in [1.807, 2.05) is 36.4 Å². The minimum absolute atomic E-state index is 0.361. The second-order valence-corrected chi connectivity index (χ2v) is 9.67. The van der Waals surface area contributed by atoms with Crippen molar-refractivity contribution in [3.8, 4) is 22.6 Å². The summed E-state index contributed by atoms with van der Waals surface area (Å²) in [6.45, 7) is 1.75. The number of aliphatic carboxylic acids is 1. The lowest BCUT2D eigenvalue weighted by Crippen LogP contribution is -2.37. The molecule has 2 aromatic heterocycles. The number of anilines is 2. The molecule has 0 saturated carbocycles. The maximum atomic E-state index is 11.3. The predicted octanol–water partition coefficient (Wildman–Crippen LogP) is 4.29. The highest BCUT2D eigenvalue weighted by atomic mass is 79.9. The Bertz CT molecular complexity index is 1490. The molecule has 1 atom stereocenters. The van der Waals surface area contributed by atoms with Gasteiger partial charge in [-0.15, -0.1) is 0 Å². The summed E-state index contributed by atoms with van der Waals surface area (Å²) in [5, 5.41) is 21.9. The van der Waals surface area contributed by atoms with Crippen LogP contribution in [-0.2, 0) is 4.79 Å². The van der Waals surface area contributed by atoms with E-state index >= 15 is 0 Å². The summed E-state index contributed by atoms with van der Waals surface area (Å²) in [7, 11) is 0. The van der Waals surface area contributed by atoms with Gasteiger partial charge in [0.15, 0.2) is 27.7 Å². The van der Waals surface area contributed by atoms with Gasteiger partial charge in [0.1, 0.15) is 24.4 Å². The van der Waals surface area contributed by atoms with Crippen LogP contribution < -0.4 is 14.8 Å². The summed E-state index contributed by atoms with van der Waals surface area (Å²) in [5.74, 6) is 0.753. The number of aromatic nitrogens is 3. The maximum Gasteiger partial charge on any atom is 0.333 e. The highest BCUT2D eigenvalue weighted by molar-refractivity contribution is 9.10. The molecule has 5 rings (SSSR count). The van der Waals surface area contributed by atoms with E-state index in [1.54, 1.807) is 0 Å². The topological polar surface area (TPSA) is 139 Å². The van der Waals surface area contributed by atoms with Gasteiger partial charge in [-0.25, -0.2) is 14.8 Å². The number of fused-ring (bicyclic) bond motifs is 2. The molecule has 0 fully saturated rings. The number of aliphatic hydroxyl groups excluding tert-OH is 1. The molecule has 184 valence electrons. The van der Waals surface area contributed by atoms with E-state index < -0.39 is 18.1 Å². The van der Waals surface area contributed by atoms with E-state index in [9.17, 15) is 15.0 Å². The molecule has 0 radical (unpaired) electrons. The van der Waals surface area contributed by atoms with Gasteiger partial charge in [0, 0.05) is 4.47 Å². The Labute approximate surface area is 218 Å². The molecule has 3 N–H and O–H groups in total. The van der Waals surface area contributed by atoms with E-state index in [0.717, 1.165) is 38.6 Å². The van der Waals surface area contributed by atoms with Crippen molar-refractivity contribution in [1.29, 1.82) is 0 Å². The molecule has 36 heavy (non-hydrogen) atoms. The molecule has 2 aromatic carbocycles. The number of aliphatic imine (C=N–C) groups is 1. The van der Waals surface area contributed by atoms with Gasteiger partial charge in [0.05, 0.1) is 24.7 Å². The minimum Gasteiger partial charge on any atom is -0.486 e. The minimum atomic E-state index is -1.65. The summed E-state index contributed by atoms with van der Waals surface area (Å²) in [6.07, 6.45) is 2.77. The first-order chi connectivity index (χ1) is 17.4. The van der Waals surface area contributed by atoms with E-state index in [-0.39, 0.29) is 0 Å². The number of nitrogens with zero attached hydrogens (tertiary/aromatic N) is 4. The number of halogens is 1. The van der Waals surface area contributed by atoms with Gasteiger partial charge in [-0.1, -0.05) is 18.2 Å². The lowest BCUT2D eigenvalue weighted by atomic mass is 10.0. The van der Waals surface area contributed by atoms with Crippen molar-refractivity contribution >= 4 is 61.5 Å². The van der Waals surface area contributed by atoms with E-state index in [4.69, 9.17) is 9.47 Å². The molecule has 10 nitrogen and oxygen atoms in total. The van der Waals surface area contributed by atoms with Crippen molar-refractivity contribution in [1.82, 2.24) is 14.3 Å². The van der Waals surface area contributed by atoms with Crippen LogP contribution >= 0.6 is 27.5 Å². The number of aliphatic hydroxyl groups is 1. The number of nitrogens with one attached hydrogen (secondary N) is 1. The summed E-state index contributed by atoms with van der Waals surface area (Å²) in [4.78, 5) is 24.8. The van der Waals surface area contributed by atoms with Crippen LogP contribution in [0.3, 0.4) is 0 Å². The first-order valence-electron chi connectivity index (χ1n) is 10.9. The smallest absolute Gasteiger partial charge is 0.333 e. The number of carboxylic acids is 1. The van der Waals surface area contributed by atoms with Crippen molar-refractivity contribution in [2.75, 3.05) is 25.1 Å². The highest BCUT2D eigenvalue weighted by Gasteiger charge is 2.31. The van der Waals surface area contributed by atoms with Crippen molar-refractivity contribution in [2.45, 2.75) is 12.5 Å². The first kappa shape index (κ1) is 24.1. The molecule has 1 unspecified atom stereocenters. The van der Waals surface area contributed by atoms with Crippen molar-refractivity contribution in [2.24, 2.45) is 4.99 Å². The summed E-state index contributed by atoms with van der Waals surface area (Å²) in [6, 6.07) is 11.7. The molecule has 3 heterocycles. The van der Waals surface area contributed by atoms with E-state index in [0.29, 0.717) is 40.8 Å². The number of hydrogen-bond donors (Lipinski definition) is 3. The molecule has 0 spiro atoms. The quantitative estimate of drug-likeness (QED) is 0.278. The van der Waals surface area contributed by atoms with Crippen LogP contribution in [0.25, 0.3) is 21.5 Å². The second kappa shape index (κ2) is 9.80. The van der Waals surface area contributed by atoms with E-state index in [1.165, 1.54) is 19.3 Å². The summed E-state index contributed by atoms with van der Waals surface area (Å²) in [5.41, 5.74) is 2.01. The van der Waals surface area contributed by atoms with Crippen LogP contribution in [0.2, 0.25) is 0 Å². The number of ether oxygens (including phenoxy) is 2. The normalized spacial score (nSPS) is 14.6. The van der Waals surface area contributed by atoms with Gasteiger partial charge < -0.3 is 25.0 Å². The zero-order valence-corrected chi connectivity index (χ0v) is 21.3. The fraction of sp³-hybridized carbons (Fsp3) is 0.208. The van der Waals surface area contributed by atoms with E-state index in [2.05, 4.69) is 40.6 Å². The van der Waals surface area contributed by atoms with Gasteiger partial charge in [0.25, 0.3) is 0 Å². The molecule has 0 aliphatic carbocycles. The number of benzene rings is 2. The highest BCUT2D eigenvalue weighted by Crippen LogP contribution is 2.40. The maximum absolute atomic E-state index is 11.3. The Morgan fingerprint density at radius 3 is 2.86 bits per heavy atom. The average molecular weight is 570 g/mol. The SMILES string of the molecule is CC(CO)(N=Cc1cnc2c(Nc3cccc(-c4ccc5c(c4)OCCO5)c3Br)nsc2n1)C(=O)O. The fourth-order valence-electron chi connectivity index (χ4n) is 3.45. The molecule has 0 saturated heterocycles. The van der Waals surface area contributed by atoms with Gasteiger partial charge in [-0.2, -0.15) is 4.37 Å². The second-order valence-electron chi connectivity index (χ2n) is 8.13. The largest absolute Gasteiger partial charge is 0.486 e. The first-order valence-corrected chi connectivity index (χ1v) is 12.4. The zero-order chi connectivity index (χ0) is 25.3. The van der Waals surface area contributed by atoms with Crippen LogP contribution in [0.15, 0.2) is 52.1 Å². The molecule has 1 aliphatic rings. The van der Waals surface area contributed by atoms with Gasteiger partial charge in [0.2, 0.25) is 0 Å². The molecule has 4 aromatic rings. The van der Waals surface area contributed by atoms with Crippen LogP contribution in [0.4, 0.5) is 11.5 Å². The Morgan fingerprint density at radius 1 is 1.28 bits per heavy atom. The summed E-state index contributed by atoms with van der Waals surface area (Å²) < 4.78 is 16.6. The average Bonchev–Trinajstić information content (AvgIpc) is 3.30. The van der Waals surface area contributed by atoms with Gasteiger partial charge >= 0.3 is 5.97 Å². The zero-order valence-electron chi connectivity index (χ0n) is 18.9. The standard InChI is InChI=1S/C24H20BrN5O5S/c1-24(12-31,23(32)33)27-11-14-10-26-20-21(30-36-22(20)28-14)29-16-4-2-3-15(19(16)25)13-5-6-17-18(9-13)35-8-7-34-17/h2-6,9-11,31H,7-8,12H2,1H3,(H,29,30)(H,32,33). The molecule has 1 aliphatic heterocycles.